The largest absolute Gasteiger partial charge is 0.473 e. The molecule has 0 bridgehead atoms. The Morgan fingerprint density at radius 3 is 2.36 bits per heavy atom. The molecule has 0 spiro atoms. The number of hydrogen-bond acceptors (Lipinski definition) is 4. The highest BCUT2D eigenvalue weighted by molar-refractivity contribution is 5.77. The van der Waals surface area contributed by atoms with Crippen molar-refractivity contribution in [3.63, 3.8) is 0 Å². The minimum absolute atomic E-state index is 0.0120. The third-order valence-corrected chi connectivity index (χ3v) is 4.23. The Morgan fingerprint density at radius 1 is 0.964 bits per heavy atom. The van der Waals surface area contributed by atoms with Crippen LogP contribution in [0.2, 0.25) is 0 Å². The van der Waals surface area contributed by atoms with Crippen molar-refractivity contribution < 1.29 is 9.53 Å². The first-order valence-corrected chi connectivity index (χ1v) is 9.30. The minimum atomic E-state index is -0.0120. The van der Waals surface area contributed by atoms with E-state index >= 15 is 0 Å². The Balaban J connectivity index is 1.44. The van der Waals surface area contributed by atoms with E-state index in [1.807, 2.05) is 72.6 Å². The molecule has 1 amide bonds. The van der Waals surface area contributed by atoms with Gasteiger partial charge in [0.2, 0.25) is 11.8 Å². The first kappa shape index (κ1) is 19.6. The lowest BCUT2D eigenvalue weighted by molar-refractivity contribution is -0.122. The molecule has 3 rings (SSSR count). The van der Waals surface area contributed by atoms with Crippen molar-refractivity contribution in [1.29, 1.82) is 0 Å². The number of rotatable bonds is 9. The van der Waals surface area contributed by atoms with Crippen LogP contribution in [-0.2, 0) is 24.5 Å². The van der Waals surface area contributed by atoms with Gasteiger partial charge in [-0.25, -0.2) is 4.98 Å². The Hall–Kier alpha value is -3.18. The Morgan fingerprint density at radius 2 is 1.64 bits per heavy atom. The van der Waals surface area contributed by atoms with E-state index in [-0.39, 0.29) is 5.91 Å². The highest BCUT2D eigenvalue weighted by Crippen LogP contribution is 2.12. The predicted molar refractivity (Wildman–Crippen MR) is 110 cm³/mol. The zero-order valence-electron chi connectivity index (χ0n) is 16.0. The molecule has 28 heavy (non-hydrogen) atoms. The zero-order valence-corrected chi connectivity index (χ0v) is 16.0. The van der Waals surface area contributed by atoms with Crippen LogP contribution in [0.25, 0.3) is 0 Å². The summed E-state index contributed by atoms with van der Waals surface area (Å²) in [6.45, 7) is 1.99. The Bertz CT molecular complexity index is 869. The van der Waals surface area contributed by atoms with Crippen molar-refractivity contribution >= 4 is 5.91 Å². The van der Waals surface area contributed by atoms with Crippen molar-refractivity contribution in [3.8, 4) is 5.88 Å². The number of nitrogens with one attached hydrogen (secondary N) is 1. The van der Waals surface area contributed by atoms with Gasteiger partial charge >= 0.3 is 0 Å². The van der Waals surface area contributed by atoms with Crippen LogP contribution in [0.3, 0.4) is 0 Å². The monoisotopic (exact) mass is 375 g/mol. The number of carbonyl (C=O) groups is 1. The summed E-state index contributed by atoms with van der Waals surface area (Å²) in [5.74, 6) is 0.541. The lowest BCUT2D eigenvalue weighted by atomic mass is 10.2. The maximum atomic E-state index is 12.2. The molecule has 3 aromatic rings. The van der Waals surface area contributed by atoms with E-state index in [0.717, 1.165) is 17.7 Å². The Labute approximate surface area is 166 Å². The summed E-state index contributed by atoms with van der Waals surface area (Å²) < 4.78 is 5.74. The molecule has 0 aliphatic heterocycles. The standard InChI is InChI=1S/C23H25N3O2/c1-26(16-19-8-4-2-5-9-19)17-22(27)25-15-21-12-13-24-23(14-21)28-18-20-10-6-3-7-11-20/h2-14H,15-18H2,1H3,(H,25,27). The van der Waals surface area contributed by atoms with Gasteiger partial charge in [-0.15, -0.1) is 0 Å². The van der Waals surface area contributed by atoms with E-state index in [2.05, 4.69) is 22.4 Å². The first-order valence-electron chi connectivity index (χ1n) is 9.30. The molecular weight excluding hydrogens is 350 g/mol. The second-order valence-corrected chi connectivity index (χ2v) is 6.71. The molecule has 0 fully saturated rings. The van der Waals surface area contributed by atoms with Crippen LogP contribution < -0.4 is 10.1 Å². The molecule has 0 aliphatic rings. The normalized spacial score (nSPS) is 10.6. The van der Waals surface area contributed by atoms with Crippen molar-refractivity contribution in [2.75, 3.05) is 13.6 Å². The van der Waals surface area contributed by atoms with Crippen LogP contribution >= 0.6 is 0 Å². The van der Waals surface area contributed by atoms with Crippen LogP contribution in [0, 0.1) is 0 Å². The highest BCUT2D eigenvalue weighted by Gasteiger charge is 2.07. The fourth-order valence-electron chi connectivity index (χ4n) is 2.82. The van der Waals surface area contributed by atoms with Gasteiger partial charge in [0.25, 0.3) is 0 Å². The number of benzene rings is 2. The van der Waals surface area contributed by atoms with Gasteiger partial charge in [-0.05, 0) is 29.8 Å². The van der Waals surface area contributed by atoms with Crippen LogP contribution in [0.15, 0.2) is 79.0 Å². The molecule has 1 N–H and O–H groups in total. The van der Waals surface area contributed by atoms with Gasteiger partial charge in [0.05, 0.1) is 6.54 Å². The van der Waals surface area contributed by atoms with Crippen molar-refractivity contribution in [2.45, 2.75) is 19.7 Å². The van der Waals surface area contributed by atoms with Crippen molar-refractivity contribution in [2.24, 2.45) is 0 Å². The van der Waals surface area contributed by atoms with Crippen molar-refractivity contribution in [3.05, 3.63) is 95.7 Å². The summed E-state index contributed by atoms with van der Waals surface area (Å²) in [5, 5.41) is 2.95. The second kappa shape index (κ2) is 10.2. The third kappa shape index (κ3) is 6.52. The van der Waals surface area contributed by atoms with E-state index in [1.54, 1.807) is 6.20 Å². The number of pyridine rings is 1. The SMILES string of the molecule is CN(CC(=O)NCc1ccnc(OCc2ccccc2)c1)Cc1ccccc1. The van der Waals surface area contributed by atoms with Crippen LogP contribution in [-0.4, -0.2) is 29.4 Å². The average molecular weight is 375 g/mol. The maximum Gasteiger partial charge on any atom is 0.234 e. The van der Waals surface area contributed by atoms with E-state index in [9.17, 15) is 4.79 Å². The van der Waals surface area contributed by atoms with Crippen LogP contribution in [0.4, 0.5) is 0 Å². The lowest BCUT2D eigenvalue weighted by Crippen LogP contribution is -2.34. The van der Waals surface area contributed by atoms with Gasteiger partial charge < -0.3 is 10.1 Å². The van der Waals surface area contributed by atoms with Gasteiger partial charge in [-0.2, -0.15) is 0 Å². The lowest BCUT2D eigenvalue weighted by Gasteiger charge is -2.16. The van der Waals surface area contributed by atoms with Crippen LogP contribution in [0.5, 0.6) is 5.88 Å². The number of aromatic nitrogens is 1. The Kier molecular flexibility index (Phi) is 7.15. The molecule has 2 aromatic carbocycles. The summed E-state index contributed by atoms with van der Waals surface area (Å²) in [6.07, 6.45) is 1.70. The molecule has 5 heteroatoms. The maximum absolute atomic E-state index is 12.2. The molecule has 1 heterocycles. The molecule has 0 radical (unpaired) electrons. The summed E-state index contributed by atoms with van der Waals surface area (Å²) >= 11 is 0. The molecule has 0 saturated carbocycles. The number of ether oxygens (including phenoxy) is 1. The van der Waals surface area contributed by atoms with Gasteiger partial charge in [0.1, 0.15) is 6.61 Å². The van der Waals surface area contributed by atoms with Crippen LogP contribution in [0.1, 0.15) is 16.7 Å². The van der Waals surface area contributed by atoms with Gasteiger partial charge in [0, 0.05) is 25.4 Å². The third-order valence-electron chi connectivity index (χ3n) is 4.23. The van der Waals surface area contributed by atoms with Gasteiger partial charge in [0.15, 0.2) is 0 Å². The molecule has 1 aromatic heterocycles. The molecule has 0 unspecified atom stereocenters. The number of nitrogens with zero attached hydrogens (tertiary/aromatic N) is 2. The summed E-state index contributed by atoms with van der Waals surface area (Å²) in [6, 6.07) is 23.8. The van der Waals surface area contributed by atoms with E-state index in [1.165, 1.54) is 5.56 Å². The van der Waals surface area contributed by atoms with Gasteiger partial charge in [-0.3, -0.25) is 9.69 Å². The zero-order chi connectivity index (χ0) is 19.6. The number of carbonyl (C=O) groups excluding carboxylic acids is 1. The number of hydrogen-bond donors (Lipinski definition) is 1. The van der Waals surface area contributed by atoms with Crippen molar-refractivity contribution in [1.82, 2.24) is 15.2 Å². The predicted octanol–water partition coefficient (Wildman–Crippen LogP) is 3.41. The molecule has 0 atom stereocenters. The first-order chi connectivity index (χ1) is 13.7. The highest BCUT2D eigenvalue weighted by atomic mass is 16.5. The van der Waals surface area contributed by atoms with E-state index in [4.69, 9.17) is 4.74 Å². The smallest absolute Gasteiger partial charge is 0.234 e. The molecule has 5 nitrogen and oxygen atoms in total. The van der Waals surface area contributed by atoms with Gasteiger partial charge in [-0.1, -0.05) is 60.7 Å². The number of likely N-dealkylation sites (N-methyl/N-ethyl adjacent to an activating group) is 1. The quantitative estimate of drug-likeness (QED) is 0.623. The fourth-order valence-corrected chi connectivity index (χ4v) is 2.82. The second-order valence-electron chi connectivity index (χ2n) is 6.71. The molecular formula is C23H25N3O2. The van der Waals surface area contributed by atoms with E-state index < -0.39 is 0 Å². The summed E-state index contributed by atoms with van der Waals surface area (Å²) in [5.41, 5.74) is 3.23. The average Bonchev–Trinajstić information content (AvgIpc) is 2.72. The minimum Gasteiger partial charge on any atom is -0.473 e. The number of amides is 1. The topological polar surface area (TPSA) is 54.5 Å². The fraction of sp³-hybridized carbons (Fsp3) is 0.217. The summed E-state index contributed by atoms with van der Waals surface area (Å²) in [4.78, 5) is 18.4. The van der Waals surface area contributed by atoms with E-state index in [0.29, 0.717) is 25.6 Å². The molecule has 0 saturated heterocycles. The molecule has 144 valence electrons. The summed E-state index contributed by atoms with van der Waals surface area (Å²) in [7, 11) is 1.94. The molecule has 0 aliphatic carbocycles.